The zero-order chi connectivity index (χ0) is 17.4. The molecule has 2 amide bonds. The van der Waals surface area contributed by atoms with Crippen molar-refractivity contribution in [3.8, 4) is 0 Å². The van der Waals surface area contributed by atoms with Crippen LogP contribution in [0.25, 0.3) is 0 Å². The molecule has 0 radical (unpaired) electrons. The number of rotatable bonds is 4. The van der Waals surface area contributed by atoms with Crippen LogP contribution < -0.4 is 5.32 Å². The third-order valence-electron chi connectivity index (χ3n) is 5.08. The van der Waals surface area contributed by atoms with Crippen LogP contribution in [0.3, 0.4) is 0 Å². The number of aromatic nitrogens is 1. The van der Waals surface area contributed by atoms with E-state index in [0.717, 1.165) is 37.1 Å². The Hall–Kier alpha value is -2.47. The summed E-state index contributed by atoms with van der Waals surface area (Å²) in [5, 5.41) is 7.36. The maximum atomic E-state index is 12.7. The molecule has 4 rings (SSSR count). The van der Waals surface area contributed by atoms with E-state index in [4.69, 9.17) is 4.52 Å². The van der Waals surface area contributed by atoms with Gasteiger partial charge in [0.05, 0.1) is 23.4 Å². The SMILES string of the molecule is Cc1cc(CN[C@@H]2CCC[C@@H](N3C(=O)c4ccccc4C3=O)C2)on1. The van der Waals surface area contributed by atoms with Gasteiger partial charge in [0, 0.05) is 18.2 Å². The third-order valence-corrected chi connectivity index (χ3v) is 5.08. The van der Waals surface area contributed by atoms with Gasteiger partial charge in [-0.05, 0) is 44.7 Å². The van der Waals surface area contributed by atoms with Gasteiger partial charge in [-0.2, -0.15) is 0 Å². The first-order valence-corrected chi connectivity index (χ1v) is 8.76. The summed E-state index contributed by atoms with van der Waals surface area (Å²) in [6.45, 7) is 2.51. The number of aryl methyl sites for hydroxylation is 1. The van der Waals surface area contributed by atoms with Gasteiger partial charge in [0.25, 0.3) is 11.8 Å². The number of carbonyl (C=O) groups excluding carboxylic acids is 2. The fourth-order valence-corrected chi connectivity index (χ4v) is 3.87. The Morgan fingerprint density at radius 3 is 2.56 bits per heavy atom. The Morgan fingerprint density at radius 2 is 1.92 bits per heavy atom. The lowest BCUT2D eigenvalue weighted by atomic mass is 9.90. The van der Waals surface area contributed by atoms with Crippen molar-refractivity contribution in [2.24, 2.45) is 0 Å². The predicted octanol–water partition coefficient (Wildman–Crippen LogP) is 2.68. The molecule has 2 aromatic rings. The lowest BCUT2D eigenvalue weighted by Gasteiger charge is -2.34. The van der Waals surface area contributed by atoms with Crippen LogP contribution in [0.1, 0.15) is 57.9 Å². The van der Waals surface area contributed by atoms with Crippen LogP contribution in [-0.4, -0.2) is 34.0 Å². The van der Waals surface area contributed by atoms with Crippen molar-refractivity contribution in [2.45, 2.75) is 51.2 Å². The van der Waals surface area contributed by atoms with E-state index >= 15 is 0 Å². The van der Waals surface area contributed by atoms with Gasteiger partial charge in [-0.25, -0.2) is 0 Å². The molecule has 2 atom stereocenters. The lowest BCUT2D eigenvalue weighted by Crippen LogP contribution is -2.46. The molecular weight excluding hydrogens is 318 g/mol. The fraction of sp³-hybridized carbons (Fsp3) is 0.421. The number of nitrogens with one attached hydrogen (secondary N) is 1. The average molecular weight is 339 g/mol. The third kappa shape index (κ3) is 2.98. The van der Waals surface area contributed by atoms with Crippen LogP contribution in [0.2, 0.25) is 0 Å². The van der Waals surface area contributed by atoms with Gasteiger partial charge in [0.1, 0.15) is 0 Å². The van der Waals surface area contributed by atoms with Crippen LogP contribution in [0.4, 0.5) is 0 Å². The first-order valence-electron chi connectivity index (χ1n) is 8.76. The second-order valence-corrected chi connectivity index (χ2v) is 6.86. The molecule has 1 N–H and O–H groups in total. The molecule has 0 saturated heterocycles. The first kappa shape index (κ1) is 16.0. The summed E-state index contributed by atoms with van der Waals surface area (Å²) in [5.41, 5.74) is 1.92. The molecule has 0 unspecified atom stereocenters. The van der Waals surface area contributed by atoms with Gasteiger partial charge < -0.3 is 9.84 Å². The normalized spacial score (nSPS) is 23.2. The van der Waals surface area contributed by atoms with Gasteiger partial charge in [-0.15, -0.1) is 0 Å². The summed E-state index contributed by atoms with van der Waals surface area (Å²) in [4.78, 5) is 26.8. The van der Waals surface area contributed by atoms with Crippen molar-refractivity contribution in [3.63, 3.8) is 0 Å². The Kier molecular flexibility index (Phi) is 4.13. The standard InChI is InChI=1S/C19H21N3O3/c1-12-9-15(25-21-12)11-20-13-5-4-6-14(10-13)22-18(23)16-7-2-3-8-17(16)19(22)24/h2-3,7-9,13-14,20H,4-6,10-11H2,1H3/t13-,14-/m1/s1. The van der Waals surface area contributed by atoms with E-state index in [9.17, 15) is 9.59 Å². The van der Waals surface area contributed by atoms with Crippen molar-refractivity contribution in [2.75, 3.05) is 0 Å². The van der Waals surface area contributed by atoms with Crippen molar-refractivity contribution < 1.29 is 14.1 Å². The fourth-order valence-electron chi connectivity index (χ4n) is 3.87. The van der Waals surface area contributed by atoms with Crippen molar-refractivity contribution in [1.29, 1.82) is 0 Å². The number of nitrogens with zero attached hydrogens (tertiary/aromatic N) is 2. The predicted molar refractivity (Wildman–Crippen MR) is 91.1 cm³/mol. The number of hydrogen-bond donors (Lipinski definition) is 1. The molecule has 6 nitrogen and oxygen atoms in total. The monoisotopic (exact) mass is 339 g/mol. The molecule has 0 bridgehead atoms. The Labute approximate surface area is 146 Å². The van der Waals surface area contributed by atoms with Crippen LogP contribution >= 0.6 is 0 Å². The molecule has 130 valence electrons. The smallest absolute Gasteiger partial charge is 0.261 e. The molecule has 1 aliphatic carbocycles. The topological polar surface area (TPSA) is 75.4 Å². The quantitative estimate of drug-likeness (QED) is 0.867. The molecule has 1 aromatic heterocycles. The maximum Gasteiger partial charge on any atom is 0.261 e. The number of imide groups is 1. The average Bonchev–Trinajstić information content (AvgIpc) is 3.15. The second kappa shape index (κ2) is 6.44. The number of fused-ring (bicyclic) bond motifs is 1. The zero-order valence-electron chi connectivity index (χ0n) is 14.2. The molecule has 1 fully saturated rings. The van der Waals surface area contributed by atoms with Gasteiger partial charge in [0.15, 0.2) is 5.76 Å². The molecule has 2 heterocycles. The summed E-state index contributed by atoms with van der Waals surface area (Å²) >= 11 is 0. The summed E-state index contributed by atoms with van der Waals surface area (Å²) in [6, 6.07) is 9.21. The van der Waals surface area contributed by atoms with Crippen molar-refractivity contribution in [3.05, 3.63) is 52.9 Å². The Morgan fingerprint density at radius 1 is 1.20 bits per heavy atom. The molecular formula is C19H21N3O3. The minimum atomic E-state index is -0.155. The Bertz CT molecular complexity index is 779. The maximum absolute atomic E-state index is 12.7. The molecule has 6 heteroatoms. The molecule has 2 aliphatic rings. The zero-order valence-corrected chi connectivity index (χ0v) is 14.2. The van der Waals surface area contributed by atoms with Gasteiger partial charge >= 0.3 is 0 Å². The highest BCUT2D eigenvalue weighted by molar-refractivity contribution is 6.21. The van der Waals surface area contributed by atoms with Crippen molar-refractivity contribution >= 4 is 11.8 Å². The van der Waals surface area contributed by atoms with Crippen LogP contribution in [0.15, 0.2) is 34.9 Å². The summed E-state index contributed by atoms with van der Waals surface area (Å²) < 4.78 is 5.23. The van der Waals surface area contributed by atoms with E-state index in [-0.39, 0.29) is 23.9 Å². The molecule has 1 aromatic carbocycles. The summed E-state index contributed by atoms with van der Waals surface area (Å²) in [5.74, 6) is 0.495. The number of carbonyl (C=O) groups is 2. The van der Waals surface area contributed by atoms with E-state index in [1.165, 1.54) is 4.90 Å². The van der Waals surface area contributed by atoms with Gasteiger partial charge in [-0.3, -0.25) is 14.5 Å². The first-order chi connectivity index (χ1) is 12.1. The molecule has 1 saturated carbocycles. The highest BCUT2D eigenvalue weighted by Gasteiger charge is 2.41. The minimum absolute atomic E-state index is 0.0462. The van der Waals surface area contributed by atoms with E-state index in [0.29, 0.717) is 17.7 Å². The van der Waals surface area contributed by atoms with Crippen LogP contribution in [-0.2, 0) is 6.54 Å². The van der Waals surface area contributed by atoms with Gasteiger partial charge in [-0.1, -0.05) is 17.3 Å². The number of benzene rings is 1. The summed E-state index contributed by atoms with van der Waals surface area (Å²) in [7, 11) is 0. The van der Waals surface area contributed by atoms with E-state index < -0.39 is 0 Å². The lowest BCUT2D eigenvalue weighted by molar-refractivity contribution is 0.0532. The van der Waals surface area contributed by atoms with E-state index in [1.54, 1.807) is 24.3 Å². The molecule has 25 heavy (non-hydrogen) atoms. The highest BCUT2D eigenvalue weighted by atomic mass is 16.5. The minimum Gasteiger partial charge on any atom is -0.360 e. The van der Waals surface area contributed by atoms with E-state index in [1.807, 2.05) is 13.0 Å². The molecule has 0 spiro atoms. The second-order valence-electron chi connectivity index (χ2n) is 6.86. The Balaban J connectivity index is 1.43. The summed E-state index contributed by atoms with van der Waals surface area (Å²) in [6.07, 6.45) is 3.67. The highest BCUT2D eigenvalue weighted by Crippen LogP contribution is 2.31. The van der Waals surface area contributed by atoms with Gasteiger partial charge in [0.2, 0.25) is 0 Å². The van der Waals surface area contributed by atoms with Crippen molar-refractivity contribution in [1.82, 2.24) is 15.4 Å². The van der Waals surface area contributed by atoms with E-state index in [2.05, 4.69) is 10.5 Å². The molecule has 1 aliphatic heterocycles. The van der Waals surface area contributed by atoms with Crippen LogP contribution in [0, 0.1) is 6.92 Å². The van der Waals surface area contributed by atoms with Crippen LogP contribution in [0.5, 0.6) is 0 Å². The number of amides is 2. The number of hydrogen-bond acceptors (Lipinski definition) is 5. The largest absolute Gasteiger partial charge is 0.360 e.